The lowest BCUT2D eigenvalue weighted by Crippen LogP contribution is -2.43. The fourth-order valence-electron chi connectivity index (χ4n) is 4.34. The summed E-state index contributed by atoms with van der Waals surface area (Å²) < 4.78 is 53.6. The van der Waals surface area contributed by atoms with Crippen molar-refractivity contribution in [3.8, 4) is 6.07 Å². The van der Waals surface area contributed by atoms with E-state index in [0.717, 1.165) is 0 Å². The molecular weight excluding hydrogens is 392 g/mol. The summed E-state index contributed by atoms with van der Waals surface area (Å²) in [5, 5.41) is 12.1. The van der Waals surface area contributed by atoms with Gasteiger partial charge in [0.15, 0.2) is 11.6 Å². The molecule has 1 aliphatic carbocycles. The van der Waals surface area contributed by atoms with Crippen LogP contribution >= 0.6 is 0 Å². The molecule has 2 aliphatic heterocycles. The van der Waals surface area contributed by atoms with Crippen molar-refractivity contribution in [2.24, 2.45) is 11.8 Å². The van der Waals surface area contributed by atoms with Crippen LogP contribution in [0, 0.1) is 40.6 Å². The molecule has 154 valence electrons. The highest BCUT2D eigenvalue weighted by atomic mass is 19.2. The van der Waals surface area contributed by atoms with Gasteiger partial charge in [0, 0.05) is 31.6 Å². The maximum Gasteiger partial charge on any atom is 0.256 e. The highest BCUT2D eigenvalue weighted by Crippen LogP contribution is 2.45. The van der Waals surface area contributed by atoms with Crippen LogP contribution in [0.3, 0.4) is 0 Å². The Morgan fingerprint density at radius 3 is 2.41 bits per heavy atom. The number of amides is 2. The summed E-state index contributed by atoms with van der Waals surface area (Å²) in [7, 11) is 0. The number of hydrogen-bond donors (Lipinski definition) is 1. The molecule has 2 saturated heterocycles. The van der Waals surface area contributed by atoms with Crippen LogP contribution in [0.25, 0.3) is 0 Å². The van der Waals surface area contributed by atoms with Crippen LogP contribution in [0.1, 0.15) is 16.8 Å². The predicted molar refractivity (Wildman–Crippen MR) is 91.6 cm³/mol. The number of nitriles is 1. The molecule has 4 atom stereocenters. The number of fused-ring (bicyclic) bond motifs is 1. The zero-order valence-corrected chi connectivity index (χ0v) is 15.2. The molecule has 0 aromatic heterocycles. The molecule has 6 nitrogen and oxygen atoms in total. The van der Waals surface area contributed by atoms with Crippen LogP contribution < -0.4 is 5.32 Å². The summed E-state index contributed by atoms with van der Waals surface area (Å²) in [5.41, 5.74) is -0.512. The van der Waals surface area contributed by atoms with E-state index in [4.69, 9.17) is 5.26 Å². The van der Waals surface area contributed by atoms with Gasteiger partial charge in [0.25, 0.3) is 5.91 Å². The van der Waals surface area contributed by atoms with Gasteiger partial charge in [-0.3, -0.25) is 9.59 Å². The van der Waals surface area contributed by atoms with Gasteiger partial charge in [-0.2, -0.15) is 5.26 Å². The van der Waals surface area contributed by atoms with Gasteiger partial charge in [-0.15, -0.1) is 0 Å². The molecule has 2 amide bonds. The number of benzene rings is 1. The monoisotopic (exact) mass is 410 g/mol. The van der Waals surface area contributed by atoms with E-state index < -0.39 is 41.1 Å². The number of alkyl halides is 1. The molecule has 1 saturated carbocycles. The van der Waals surface area contributed by atoms with Crippen molar-refractivity contribution in [1.29, 1.82) is 5.26 Å². The van der Waals surface area contributed by atoms with E-state index in [1.807, 2.05) is 6.07 Å². The Morgan fingerprint density at radius 2 is 1.76 bits per heavy atom. The van der Waals surface area contributed by atoms with E-state index in [2.05, 4.69) is 5.32 Å². The average molecular weight is 410 g/mol. The normalized spacial score (nSPS) is 30.2. The maximum atomic E-state index is 13.8. The molecule has 4 rings (SSSR count). The van der Waals surface area contributed by atoms with Crippen molar-refractivity contribution in [2.45, 2.75) is 24.7 Å². The summed E-state index contributed by atoms with van der Waals surface area (Å²) in [6, 6.07) is 2.07. The third kappa shape index (κ3) is 3.55. The number of nitrogens with zero attached hydrogens (tertiary/aromatic N) is 3. The highest BCUT2D eigenvalue weighted by molar-refractivity contribution is 5.95. The van der Waals surface area contributed by atoms with E-state index in [1.54, 1.807) is 0 Å². The Hall–Kier alpha value is -2.67. The lowest BCUT2D eigenvalue weighted by atomic mass is 10.1. The molecule has 0 bridgehead atoms. The molecule has 3 fully saturated rings. The fourth-order valence-corrected chi connectivity index (χ4v) is 4.34. The number of carbonyl (C=O) groups excluding carboxylic acids is 2. The summed E-state index contributed by atoms with van der Waals surface area (Å²) in [4.78, 5) is 27.2. The first-order valence-electron chi connectivity index (χ1n) is 9.30. The average Bonchev–Trinajstić information content (AvgIpc) is 3.02. The number of likely N-dealkylation sites (tertiary alicyclic amines) is 2. The quantitative estimate of drug-likeness (QED) is 0.599. The van der Waals surface area contributed by atoms with E-state index in [1.165, 1.54) is 9.80 Å². The zero-order valence-electron chi connectivity index (χ0n) is 15.2. The van der Waals surface area contributed by atoms with Crippen molar-refractivity contribution in [1.82, 2.24) is 15.1 Å². The van der Waals surface area contributed by atoms with Gasteiger partial charge >= 0.3 is 0 Å². The second-order valence-corrected chi connectivity index (χ2v) is 7.71. The smallest absolute Gasteiger partial charge is 0.256 e. The van der Waals surface area contributed by atoms with Crippen molar-refractivity contribution < 1.29 is 27.2 Å². The molecule has 1 aromatic rings. The van der Waals surface area contributed by atoms with Gasteiger partial charge in [0.05, 0.1) is 24.7 Å². The largest absolute Gasteiger partial charge is 0.338 e. The molecule has 29 heavy (non-hydrogen) atoms. The minimum atomic E-state index is -1.35. The van der Waals surface area contributed by atoms with Crippen LogP contribution in [0.4, 0.5) is 17.6 Å². The Balaban J connectivity index is 1.29. The zero-order chi connectivity index (χ0) is 20.9. The van der Waals surface area contributed by atoms with Crippen LogP contribution in [0.15, 0.2) is 12.1 Å². The van der Waals surface area contributed by atoms with Crippen molar-refractivity contribution in [3.05, 3.63) is 35.1 Å². The van der Waals surface area contributed by atoms with Gasteiger partial charge in [-0.05, 0) is 17.9 Å². The minimum Gasteiger partial charge on any atom is -0.338 e. The van der Waals surface area contributed by atoms with E-state index in [0.29, 0.717) is 25.2 Å². The number of rotatable bonds is 4. The molecule has 2 heterocycles. The summed E-state index contributed by atoms with van der Waals surface area (Å²) >= 11 is 0. The van der Waals surface area contributed by atoms with Gasteiger partial charge in [-0.1, -0.05) is 0 Å². The number of hydrogen-bond acceptors (Lipinski definition) is 4. The molecular formula is C19H18F4N4O2. The first kappa shape index (κ1) is 19.6. The van der Waals surface area contributed by atoms with E-state index in [9.17, 15) is 27.2 Å². The van der Waals surface area contributed by atoms with Crippen LogP contribution in [0.5, 0.6) is 0 Å². The Labute approximate surface area is 164 Å². The summed E-state index contributed by atoms with van der Waals surface area (Å²) in [6.07, 6.45) is -1.17. The molecule has 0 radical (unpaired) electrons. The van der Waals surface area contributed by atoms with E-state index in [-0.39, 0.29) is 43.3 Å². The molecule has 1 aromatic carbocycles. The topological polar surface area (TPSA) is 76.4 Å². The van der Waals surface area contributed by atoms with Crippen LogP contribution in [-0.4, -0.2) is 66.0 Å². The Kier molecular flexibility index (Phi) is 4.94. The minimum absolute atomic E-state index is 0.0119. The highest BCUT2D eigenvalue weighted by Gasteiger charge is 2.56. The summed E-state index contributed by atoms with van der Waals surface area (Å²) in [5.74, 6) is -4.67. The molecule has 1 N–H and O–H groups in total. The van der Waals surface area contributed by atoms with E-state index >= 15 is 0 Å². The second kappa shape index (κ2) is 7.30. The van der Waals surface area contributed by atoms with Crippen molar-refractivity contribution in [3.63, 3.8) is 0 Å². The molecule has 2 unspecified atom stereocenters. The third-order valence-electron chi connectivity index (χ3n) is 5.93. The van der Waals surface area contributed by atoms with Crippen LogP contribution in [-0.2, 0) is 4.79 Å². The van der Waals surface area contributed by atoms with Crippen molar-refractivity contribution >= 4 is 11.8 Å². The molecule has 0 spiro atoms. The molecule has 3 aliphatic rings. The standard InChI is InChI=1S/C19H18F4N4O2/c20-9-1-10(4-24)27(6-9)17(28)5-25-18-12-7-26(8-13(12)18)19(29)11-2-15(22)16(23)3-14(11)21/h2-3,9-10,12-13,18,25H,1,5-8H2/t9-,10-,12?,13?,18?/m0/s1. The summed E-state index contributed by atoms with van der Waals surface area (Å²) in [6.45, 7) is 0.502. The number of halogens is 4. The number of carbonyl (C=O) groups is 2. The number of nitrogens with one attached hydrogen (secondary N) is 1. The van der Waals surface area contributed by atoms with Gasteiger partial charge < -0.3 is 15.1 Å². The first-order chi connectivity index (χ1) is 13.8. The van der Waals surface area contributed by atoms with Gasteiger partial charge in [0.2, 0.25) is 5.91 Å². The lowest BCUT2D eigenvalue weighted by Gasteiger charge is -2.22. The second-order valence-electron chi connectivity index (χ2n) is 7.71. The van der Waals surface area contributed by atoms with Gasteiger partial charge in [0.1, 0.15) is 18.0 Å². The third-order valence-corrected chi connectivity index (χ3v) is 5.93. The Morgan fingerprint density at radius 1 is 1.10 bits per heavy atom. The molecule has 10 heteroatoms. The fraction of sp³-hybridized carbons (Fsp3) is 0.526. The Bertz CT molecular complexity index is 893. The number of piperidine rings is 1. The predicted octanol–water partition coefficient (Wildman–Crippen LogP) is 1.23. The van der Waals surface area contributed by atoms with Crippen molar-refractivity contribution in [2.75, 3.05) is 26.2 Å². The SMILES string of the molecule is N#C[C@@H]1C[C@H](F)CN1C(=O)CNC1C2CN(C(=O)c3cc(F)c(F)cc3F)CC21. The lowest BCUT2D eigenvalue weighted by molar-refractivity contribution is -0.130. The van der Waals surface area contributed by atoms with Gasteiger partial charge in [-0.25, -0.2) is 17.6 Å². The van der Waals surface area contributed by atoms with Crippen LogP contribution in [0.2, 0.25) is 0 Å². The maximum absolute atomic E-state index is 13.8. The first-order valence-corrected chi connectivity index (χ1v) is 9.30.